The molecule has 1 aromatic heterocycles. The van der Waals surface area contributed by atoms with Crippen LogP contribution in [0.3, 0.4) is 0 Å². The Labute approximate surface area is 155 Å². The van der Waals surface area contributed by atoms with Crippen molar-refractivity contribution in [2.45, 2.75) is 20.0 Å². The van der Waals surface area contributed by atoms with Gasteiger partial charge < -0.3 is 10.0 Å². The molecule has 142 valence electrons. The summed E-state index contributed by atoms with van der Waals surface area (Å²) in [5.74, 6) is -2.17. The summed E-state index contributed by atoms with van der Waals surface area (Å²) in [5.41, 5.74) is -0.227. The maximum absolute atomic E-state index is 12.6. The maximum atomic E-state index is 12.6. The van der Waals surface area contributed by atoms with Crippen LogP contribution in [-0.2, 0) is 22.7 Å². The highest BCUT2D eigenvalue weighted by Crippen LogP contribution is 2.23. The summed E-state index contributed by atoms with van der Waals surface area (Å²) >= 11 is 0. The first-order valence-electron chi connectivity index (χ1n) is 8.71. The summed E-state index contributed by atoms with van der Waals surface area (Å²) in [5, 5.41) is 9.19. The standard InChI is InChI=1S/C19H21N3O5/c1-13-9-21(11-15(13)18(25)26)17(24)12-22-16(23)7-8-20(19(22)27)10-14-5-3-2-4-6-14/h2-8,13,15H,9-12H2,1H3,(H,25,26)/t13-,15-/m1/s1. The van der Waals surface area contributed by atoms with Gasteiger partial charge in [0.15, 0.2) is 0 Å². The van der Waals surface area contributed by atoms with E-state index in [0.29, 0.717) is 6.54 Å². The van der Waals surface area contributed by atoms with Crippen LogP contribution < -0.4 is 11.2 Å². The molecule has 8 heteroatoms. The number of rotatable bonds is 5. The van der Waals surface area contributed by atoms with Gasteiger partial charge in [0.2, 0.25) is 5.91 Å². The Morgan fingerprint density at radius 3 is 2.44 bits per heavy atom. The highest BCUT2D eigenvalue weighted by atomic mass is 16.4. The third-order valence-corrected chi connectivity index (χ3v) is 4.91. The number of carboxylic acids is 1. The number of carbonyl (C=O) groups is 2. The van der Waals surface area contributed by atoms with Crippen molar-refractivity contribution in [1.82, 2.24) is 14.0 Å². The lowest BCUT2D eigenvalue weighted by Gasteiger charge is -2.17. The number of hydrogen-bond acceptors (Lipinski definition) is 4. The molecule has 0 unspecified atom stereocenters. The van der Waals surface area contributed by atoms with Crippen molar-refractivity contribution in [2.75, 3.05) is 13.1 Å². The minimum atomic E-state index is -0.945. The molecule has 0 spiro atoms. The number of nitrogens with zero attached hydrogens (tertiary/aromatic N) is 3. The van der Waals surface area contributed by atoms with E-state index in [9.17, 15) is 24.3 Å². The minimum absolute atomic E-state index is 0.0924. The maximum Gasteiger partial charge on any atom is 0.331 e. The highest BCUT2D eigenvalue weighted by molar-refractivity contribution is 5.78. The number of aliphatic carboxylic acids is 1. The van der Waals surface area contributed by atoms with Crippen LogP contribution >= 0.6 is 0 Å². The van der Waals surface area contributed by atoms with Crippen LogP contribution in [-0.4, -0.2) is 44.1 Å². The van der Waals surface area contributed by atoms with Gasteiger partial charge in [-0.25, -0.2) is 4.79 Å². The molecule has 2 aromatic rings. The fraction of sp³-hybridized carbons (Fsp3) is 0.368. The third-order valence-electron chi connectivity index (χ3n) is 4.91. The highest BCUT2D eigenvalue weighted by Gasteiger charge is 2.37. The predicted octanol–water partition coefficient (Wildman–Crippen LogP) is 0.237. The van der Waals surface area contributed by atoms with E-state index < -0.39 is 35.6 Å². The average molecular weight is 371 g/mol. The van der Waals surface area contributed by atoms with E-state index >= 15 is 0 Å². The van der Waals surface area contributed by atoms with Gasteiger partial charge in [-0.3, -0.25) is 23.5 Å². The van der Waals surface area contributed by atoms with Gasteiger partial charge in [-0.05, 0) is 11.5 Å². The molecule has 1 saturated heterocycles. The monoisotopic (exact) mass is 371 g/mol. The molecular weight excluding hydrogens is 350 g/mol. The van der Waals surface area contributed by atoms with Gasteiger partial charge in [-0.1, -0.05) is 37.3 Å². The molecule has 8 nitrogen and oxygen atoms in total. The van der Waals surface area contributed by atoms with Crippen LogP contribution in [0.1, 0.15) is 12.5 Å². The Balaban J connectivity index is 1.80. The second-order valence-electron chi connectivity index (χ2n) is 6.86. The zero-order valence-corrected chi connectivity index (χ0v) is 14.9. The van der Waals surface area contributed by atoms with Crippen molar-refractivity contribution < 1.29 is 14.7 Å². The summed E-state index contributed by atoms with van der Waals surface area (Å²) in [6, 6.07) is 10.6. The van der Waals surface area contributed by atoms with Gasteiger partial charge in [0.1, 0.15) is 6.54 Å². The molecule has 0 aliphatic carbocycles. The Hall–Kier alpha value is -3.16. The van der Waals surface area contributed by atoms with Crippen molar-refractivity contribution in [1.29, 1.82) is 0 Å². The van der Waals surface area contributed by atoms with Crippen molar-refractivity contribution in [2.24, 2.45) is 11.8 Å². The summed E-state index contributed by atoms with van der Waals surface area (Å²) in [6.45, 7) is 2.06. The number of amides is 1. The summed E-state index contributed by atoms with van der Waals surface area (Å²) in [7, 11) is 0. The number of hydrogen-bond donors (Lipinski definition) is 1. The Bertz CT molecular complexity index is 963. The zero-order chi connectivity index (χ0) is 19.6. The summed E-state index contributed by atoms with van der Waals surface area (Å²) in [4.78, 5) is 49.9. The Morgan fingerprint density at radius 2 is 1.81 bits per heavy atom. The topological polar surface area (TPSA) is 102 Å². The van der Waals surface area contributed by atoms with Gasteiger partial charge >= 0.3 is 11.7 Å². The van der Waals surface area contributed by atoms with Crippen molar-refractivity contribution in [3.63, 3.8) is 0 Å². The summed E-state index contributed by atoms with van der Waals surface area (Å²) in [6.07, 6.45) is 1.41. The predicted molar refractivity (Wildman–Crippen MR) is 97.4 cm³/mol. The van der Waals surface area contributed by atoms with E-state index in [0.717, 1.165) is 10.1 Å². The average Bonchev–Trinajstić information content (AvgIpc) is 3.04. The molecule has 3 rings (SSSR count). The van der Waals surface area contributed by atoms with E-state index in [2.05, 4.69) is 0 Å². The van der Waals surface area contributed by atoms with E-state index in [1.165, 1.54) is 21.7 Å². The molecule has 0 radical (unpaired) electrons. The molecule has 1 aromatic carbocycles. The van der Waals surface area contributed by atoms with E-state index in [-0.39, 0.29) is 19.0 Å². The van der Waals surface area contributed by atoms with E-state index in [1.807, 2.05) is 30.3 Å². The molecular formula is C19H21N3O5. The van der Waals surface area contributed by atoms with Crippen LogP contribution in [0.4, 0.5) is 0 Å². The minimum Gasteiger partial charge on any atom is -0.481 e. The largest absolute Gasteiger partial charge is 0.481 e. The van der Waals surface area contributed by atoms with Crippen LogP contribution in [0.25, 0.3) is 0 Å². The van der Waals surface area contributed by atoms with Crippen LogP contribution in [0.5, 0.6) is 0 Å². The first kappa shape index (κ1) is 18.6. The molecule has 1 aliphatic rings. The third kappa shape index (κ3) is 3.99. The lowest BCUT2D eigenvalue weighted by molar-refractivity contribution is -0.142. The number of carboxylic acid groups (broad SMARTS) is 1. The lowest BCUT2D eigenvalue weighted by atomic mass is 9.99. The van der Waals surface area contributed by atoms with Gasteiger partial charge in [0.25, 0.3) is 5.56 Å². The van der Waals surface area contributed by atoms with Crippen LogP contribution in [0, 0.1) is 11.8 Å². The van der Waals surface area contributed by atoms with Crippen molar-refractivity contribution in [3.05, 3.63) is 69.0 Å². The molecule has 27 heavy (non-hydrogen) atoms. The lowest BCUT2D eigenvalue weighted by Crippen LogP contribution is -2.44. The quantitative estimate of drug-likeness (QED) is 0.811. The van der Waals surface area contributed by atoms with Crippen LogP contribution in [0.2, 0.25) is 0 Å². The fourth-order valence-electron chi connectivity index (χ4n) is 3.33. The first-order chi connectivity index (χ1) is 12.9. The van der Waals surface area contributed by atoms with Crippen molar-refractivity contribution >= 4 is 11.9 Å². The Morgan fingerprint density at radius 1 is 1.11 bits per heavy atom. The Kier molecular flexibility index (Phi) is 5.25. The SMILES string of the molecule is C[C@@H]1CN(C(=O)Cn2c(=O)ccn(Cc3ccccc3)c2=O)C[C@H]1C(=O)O. The van der Waals surface area contributed by atoms with Crippen LogP contribution in [0.15, 0.2) is 52.2 Å². The number of aromatic nitrogens is 2. The van der Waals surface area contributed by atoms with Gasteiger partial charge in [-0.15, -0.1) is 0 Å². The number of benzene rings is 1. The van der Waals surface area contributed by atoms with Gasteiger partial charge in [-0.2, -0.15) is 0 Å². The second-order valence-corrected chi connectivity index (χ2v) is 6.86. The van der Waals surface area contributed by atoms with Gasteiger partial charge in [0, 0.05) is 25.4 Å². The molecule has 2 heterocycles. The van der Waals surface area contributed by atoms with Gasteiger partial charge in [0.05, 0.1) is 12.5 Å². The smallest absolute Gasteiger partial charge is 0.331 e. The number of likely N-dealkylation sites (tertiary alicyclic amines) is 1. The summed E-state index contributed by atoms with van der Waals surface area (Å²) < 4.78 is 2.26. The first-order valence-corrected chi connectivity index (χ1v) is 8.71. The van der Waals surface area contributed by atoms with E-state index in [4.69, 9.17) is 0 Å². The van der Waals surface area contributed by atoms with Crippen molar-refractivity contribution in [3.8, 4) is 0 Å². The molecule has 0 bridgehead atoms. The molecule has 2 atom stereocenters. The molecule has 1 amide bonds. The normalized spacial score (nSPS) is 19.2. The number of carbonyl (C=O) groups excluding carboxylic acids is 1. The zero-order valence-electron chi connectivity index (χ0n) is 14.9. The second kappa shape index (κ2) is 7.61. The van der Waals surface area contributed by atoms with E-state index in [1.54, 1.807) is 6.92 Å². The molecule has 0 saturated carbocycles. The molecule has 1 fully saturated rings. The molecule has 1 aliphatic heterocycles. The fourth-order valence-corrected chi connectivity index (χ4v) is 3.33. The molecule has 1 N–H and O–H groups in total.